The summed E-state index contributed by atoms with van der Waals surface area (Å²) in [6.45, 7) is 1.72. The number of rotatable bonds is 10. The highest BCUT2D eigenvalue weighted by molar-refractivity contribution is 9.10. The molecule has 0 radical (unpaired) electrons. The Morgan fingerprint density at radius 1 is 0.875 bits per heavy atom. The van der Waals surface area contributed by atoms with Gasteiger partial charge in [-0.2, -0.15) is 0 Å². The molecule has 0 bridgehead atoms. The van der Waals surface area contributed by atoms with Crippen LogP contribution in [0, 0.1) is 0 Å². The molecule has 3 rings (SSSR count). The van der Waals surface area contributed by atoms with Gasteiger partial charge in [0.25, 0.3) is 0 Å². The minimum atomic E-state index is -1.02. The van der Waals surface area contributed by atoms with E-state index in [-0.39, 0.29) is 5.57 Å². The van der Waals surface area contributed by atoms with Gasteiger partial charge in [0, 0.05) is 8.95 Å². The molecule has 0 amide bonds. The summed E-state index contributed by atoms with van der Waals surface area (Å²) in [7, 11) is 0. The largest absolute Gasteiger partial charge is 0.452 e. The molecule has 7 heteroatoms. The Hall–Kier alpha value is -2.03. The van der Waals surface area contributed by atoms with Crippen LogP contribution < -0.4 is 0 Å². The molecule has 1 aliphatic rings. The fourth-order valence-corrected chi connectivity index (χ4v) is 3.46. The molecule has 2 aromatic rings. The number of esters is 1. The maximum Gasteiger partial charge on any atom is 0.337 e. The Morgan fingerprint density at radius 3 is 1.97 bits per heavy atom. The zero-order valence-electron chi connectivity index (χ0n) is 17.3. The van der Waals surface area contributed by atoms with Gasteiger partial charge in [-0.1, -0.05) is 74.4 Å². The normalized spacial score (nSPS) is 20.0. The van der Waals surface area contributed by atoms with Crippen molar-refractivity contribution in [1.82, 2.24) is 0 Å². The zero-order chi connectivity index (χ0) is 22.8. The van der Waals surface area contributed by atoms with E-state index >= 15 is 0 Å². The molecule has 2 aromatic carbocycles. The lowest BCUT2D eigenvalue weighted by Crippen LogP contribution is -2.19. The van der Waals surface area contributed by atoms with Crippen LogP contribution in [0.2, 0.25) is 0 Å². The molecule has 168 valence electrons. The monoisotopic (exact) mass is 562 g/mol. The van der Waals surface area contributed by atoms with E-state index in [2.05, 4.69) is 31.9 Å². The first-order chi connectivity index (χ1) is 15.5. The number of cyclic esters (lactones) is 1. The molecule has 0 aliphatic carbocycles. The Balaban J connectivity index is 1.38. The number of aliphatic hydroxyl groups excluding tert-OH is 1. The number of carbonyl (C=O) groups excluding carboxylic acids is 1. The minimum absolute atomic E-state index is 0.222. The van der Waals surface area contributed by atoms with E-state index in [9.17, 15) is 9.90 Å². The standard InChI is InChI=1S/C25H24Br2O5/c26-20-10-6-18(7-11-20)16-30-14-2-1-4-22-24(28)23(32-25(22)29)5-3-15-31-17-19-8-12-21(27)13-9-19/h1-13,23-24,28H,14-17H2/t23-,24+/m1/s1. The number of hydrogen-bond donors (Lipinski definition) is 1. The molecule has 1 N–H and O–H groups in total. The van der Waals surface area contributed by atoms with Gasteiger partial charge in [0.15, 0.2) is 6.10 Å². The van der Waals surface area contributed by atoms with Crippen molar-refractivity contribution in [2.75, 3.05) is 13.2 Å². The number of aliphatic hydroxyl groups is 1. The van der Waals surface area contributed by atoms with Crippen LogP contribution in [0.4, 0.5) is 0 Å². The lowest BCUT2D eigenvalue weighted by atomic mass is 10.1. The van der Waals surface area contributed by atoms with E-state index < -0.39 is 18.2 Å². The number of halogens is 2. The van der Waals surface area contributed by atoms with Crippen LogP contribution in [0.1, 0.15) is 11.1 Å². The van der Waals surface area contributed by atoms with Crippen molar-refractivity contribution in [3.63, 3.8) is 0 Å². The molecule has 0 spiro atoms. The topological polar surface area (TPSA) is 65.0 Å². The van der Waals surface area contributed by atoms with Crippen LogP contribution in [0.15, 0.2) is 93.4 Å². The Labute approximate surface area is 204 Å². The molecular formula is C25H24Br2O5. The highest BCUT2D eigenvalue weighted by atomic mass is 79.9. The zero-order valence-corrected chi connectivity index (χ0v) is 20.5. The van der Waals surface area contributed by atoms with Crippen molar-refractivity contribution in [2.45, 2.75) is 25.4 Å². The van der Waals surface area contributed by atoms with Gasteiger partial charge in [-0.15, -0.1) is 0 Å². The SMILES string of the molecule is O=C1O[C@H](C=CCOCc2ccc(Br)cc2)[C@@H](O)C1=CC=CCOCc1ccc(Br)cc1. The third kappa shape index (κ3) is 7.83. The highest BCUT2D eigenvalue weighted by Gasteiger charge is 2.36. The van der Waals surface area contributed by atoms with Gasteiger partial charge in [-0.3, -0.25) is 0 Å². The molecule has 0 unspecified atom stereocenters. The summed E-state index contributed by atoms with van der Waals surface area (Å²) in [5.41, 5.74) is 2.36. The number of carbonyl (C=O) groups is 1. The van der Waals surface area contributed by atoms with Crippen LogP contribution in [-0.4, -0.2) is 36.5 Å². The third-order valence-corrected chi connectivity index (χ3v) is 5.70. The fourth-order valence-electron chi connectivity index (χ4n) is 2.93. The van der Waals surface area contributed by atoms with Gasteiger partial charge in [0.1, 0.15) is 6.10 Å². The summed E-state index contributed by atoms with van der Waals surface area (Å²) in [5.74, 6) is -0.525. The second-order valence-electron chi connectivity index (χ2n) is 7.08. The van der Waals surface area contributed by atoms with Crippen molar-refractivity contribution < 1.29 is 24.1 Å². The average Bonchev–Trinajstić information content (AvgIpc) is 3.05. The molecule has 0 saturated carbocycles. The van der Waals surface area contributed by atoms with Crippen LogP contribution in [0.25, 0.3) is 0 Å². The lowest BCUT2D eigenvalue weighted by molar-refractivity contribution is -0.137. The first-order valence-corrected chi connectivity index (χ1v) is 11.7. The minimum Gasteiger partial charge on any atom is -0.452 e. The van der Waals surface area contributed by atoms with Crippen molar-refractivity contribution >= 4 is 37.8 Å². The first-order valence-electron chi connectivity index (χ1n) is 10.1. The van der Waals surface area contributed by atoms with Crippen LogP contribution in [0.3, 0.4) is 0 Å². The van der Waals surface area contributed by atoms with E-state index in [1.54, 1.807) is 30.4 Å². The van der Waals surface area contributed by atoms with Gasteiger partial charge < -0.3 is 19.3 Å². The van der Waals surface area contributed by atoms with Gasteiger partial charge in [0.2, 0.25) is 0 Å². The number of allylic oxidation sites excluding steroid dienone is 2. The summed E-state index contributed by atoms with van der Waals surface area (Å²) in [5, 5.41) is 10.4. The number of benzene rings is 2. The van der Waals surface area contributed by atoms with E-state index in [1.165, 1.54) is 0 Å². The second-order valence-corrected chi connectivity index (χ2v) is 8.91. The van der Waals surface area contributed by atoms with E-state index in [1.807, 2.05) is 48.5 Å². The molecule has 1 aliphatic heterocycles. The van der Waals surface area contributed by atoms with Gasteiger partial charge in [-0.05, 0) is 47.5 Å². The lowest BCUT2D eigenvalue weighted by Gasteiger charge is -2.07. The van der Waals surface area contributed by atoms with Crippen molar-refractivity contribution in [2.24, 2.45) is 0 Å². The van der Waals surface area contributed by atoms with Crippen LogP contribution in [0.5, 0.6) is 0 Å². The fraction of sp³-hybridized carbons (Fsp3) is 0.240. The molecule has 1 fully saturated rings. The van der Waals surface area contributed by atoms with E-state index in [0.717, 1.165) is 20.1 Å². The highest BCUT2D eigenvalue weighted by Crippen LogP contribution is 2.22. The molecule has 32 heavy (non-hydrogen) atoms. The molecule has 1 saturated heterocycles. The second kappa shape index (κ2) is 12.9. The molecule has 1 heterocycles. The van der Waals surface area contributed by atoms with Gasteiger partial charge in [0.05, 0.1) is 32.0 Å². The summed E-state index contributed by atoms with van der Waals surface area (Å²) < 4.78 is 18.4. The smallest absolute Gasteiger partial charge is 0.337 e. The maximum absolute atomic E-state index is 12.0. The molecular weight excluding hydrogens is 540 g/mol. The van der Waals surface area contributed by atoms with Crippen LogP contribution in [-0.2, 0) is 32.2 Å². The van der Waals surface area contributed by atoms with E-state index in [4.69, 9.17) is 14.2 Å². The Morgan fingerprint density at radius 2 is 1.41 bits per heavy atom. The molecule has 2 atom stereocenters. The maximum atomic E-state index is 12.0. The molecule has 5 nitrogen and oxygen atoms in total. The number of hydrogen-bond acceptors (Lipinski definition) is 5. The van der Waals surface area contributed by atoms with Gasteiger partial charge in [-0.25, -0.2) is 4.79 Å². The predicted octanol–water partition coefficient (Wildman–Crippen LogP) is 5.27. The summed E-state index contributed by atoms with van der Waals surface area (Å²) in [6, 6.07) is 15.8. The van der Waals surface area contributed by atoms with Crippen molar-refractivity contribution in [3.8, 4) is 0 Å². The first kappa shape index (κ1) is 24.6. The molecule has 0 aromatic heterocycles. The summed E-state index contributed by atoms with van der Waals surface area (Å²) in [6.07, 6.45) is 6.70. The predicted molar refractivity (Wildman–Crippen MR) is 130 cm³/mol. The van der Waals surface area contributed by atoms with Crippen LogP contribution >= 0.6 is 31.9 Å². The Bertz CT molecular complexity index is 965. The quantitative estimate of drug-likeness (QED) is 0.185. The summed E-state index contributed by atoms with van der Waals surface area (Å²) >= 11 is 6.79. The van der Waals surface area contributed by atoms with Crippen molar-refractivity contribution in [1.29, 1.82) is 0 Å². The summed E-state index contributed by atoms with van der Waals surface area (Å²) in [4.78, 5) is 12.0. The van der Waals surface area contributed by atoms with Gasteiger partial charge >= 0.3 is 5.97 Å². The number of ether oxygens (including phenoxy) is 3. The average molecular weight is 564 g/mol. The Kier molecular flexibility index (Phi) is 9.89. The third-order valence-electron chi connectivity index (χ3n) is 4.64. The van der Waals surface area contributed by atoms with Crippen molar-refractivity contribution in [3.05, 3.63) is 105 Å². The van der Waals surface area contributed by atoms with E-state index in [0.29, 0.717) is 26.4 Å².